The Labute approximate surface area is 182 Å². The lowest BCUT2D eigenvalue weighted by Crippen LogP contribution is -2.38. The molecule has 27 heavy (non-hydrogen) atoms. The molecule has 2 rings (SSSR count). The molecule has 1 aromatic heterocycles. The molecule has 1 heterocycles. The molecule has 1 aromatic carbocycles. The molecule has 1 atom stereocenters. The highest BCUT2D eigenvalue weighted by Gasteiger charge is 2.13. The summed E-state index contributed by atoms with van der Waals surface area (Å²) in [5.74, 6) is 3.20. The van der Waals surface area contributed by atoms with E-state index in [4.69, 9.17) is 14.2 Å². The highest BCUT2D eigenvalue weighted by Crippen LogP contribution is 2.34. The third kappa shape index (κ3) is 6.46. The average molecular weight is 505 g/mol. The van der Waals surface area contributed by atoms with Crippen LogP contribution < -0.4 is 24.8 Å². The first-order chi connectivity index (χ1) is 12.6. The second kappa shape index (κ2) is 11.9. The van der Waals surface area contributed by atoms with Crippen LogP contribution in [0.25, 0.3) is 0 Å². The monoisotopic (exact) mass is 505 g/mol. The van der Waals surface area contributed by atoms with Crippen LogP contribution >= 0.6 is 35.3 Å². The molecule has 2 N–H and O–H groups in total. The minimum Gasteiger partial charge on any atom is -0.496 e. The molecule has 6 nitrogen and oxygen atoms in total. The summed E-state index contributed by atoms with van der Waals surface area (Å²) in [5, 5.41) is 8.78. The van der Waals surface area contributed by atoms with E-state index in [0.29, 0.717) is 24.0 Å². The van der Waals surface area contributed by atoms with Crippen LogP contribution in [-0.4, -0.2) is 40.9 Å². The molecule has 2 aromatic rings. The zero-order valence-corrected chi connectivity index (χ0v) is 19.5. The molecule has 0 amide bonds. The van der Waals surface area contributed by atoms with Gasteiger partial charge in [-0.2, -0.15) is 0 Å². The van der Waals surface area contributed by atoms with E-state index in [9.17, 15) is 0 Å². The van der Waals surface area contributed by atoms with E-state index in [2.05, 4.69) is 40.1 Å². The van der Waals surface area contributed by atoms with Crippen LogP contribution in [0.4, 0.5) is 0 Å². The predicted molar refractivity (Wildman–Crippen MR) is 122 cm³/mol. The number of ether oxygens (including phenoxy) is 3. The summed E-state index contributed by atoms with van der Waals surface area (Å²) >= 11 is 1.77. The topological polar surface area (TPSA) is 64.1 Å². The van der Waals surface area contributed by atoms with Crippen molar-refractivity contribution < 1.29 is 14.2 Å². The summed E-state index contributed by atoms with van der Waals surface area (Å²) in [5.41, 5.74) is 0.958. The molecular weight excluding hydrogens is 477 g/mol. The smallest absolute Gasteiger partial charge is 0.191 e. The summed E-state index contributed by atoms with van der Waals surface area (Å²) in [7, 11) is 6.63. The molecule has 0 fully saturated rings. The molecule has 1 unspecified atom stereocenters. The van der Waals surface area contributed by atoms with Gasteiger partial charge in [0.25, 0.3) is 0 Å². The Kier molecular flexibility index (Phi) is 10.3. The van der Waals surface area contributed by atoms with Crippen LogP contribution in [0.3, 0.4) is 0 Å². The first-order valence-electron chi connectivity index (χ1n) is 8.39. The Morgan fingerprint density at radius 3 is 2.30 bits per heavy atom. The van der Waals surface area contributed by atoms with Crippen LogP contribution in [-0.2, 0) is 6.54 Å². The number of halogens is 1. The van der Waals surface area contributed by atoms with E-state index in [0.717, 1.165) is 23.8 Å². The van der Waals surface area contributed by atoms with Gasteiger partial charge in [-0.15, -0.1) is 35.3 Å². The van der Waals surface area contributed by atoms with E-state index >= 15 is 0 Å². The van der Waals surface area contributed by atoms with Gasteiger partial charge < -0.3 is 24.8 Å². The van der Waals surface area contributed by atoms with Gasteiger partial charge in [0.2, 0.25) is 0 Å². The first kappa shape index (κ1) is 23.4. The molecule has 0 saturated carbocycles. The largest absolute Gasteiger partial charge is 0.496 e. The normalized spacial score (nSPS) is 12.0. The van der Waals surface area contributed by atoms with E-state index in [1.807, 2.05) is 12.1 Å². The Bertz CT molecular complexity index is 723. The van der Waals surface area contributed by atoms with Gasteiger partial charge >= 0.3 is 0 Å². The highest BCUT2D eigenvalue weighted by molar-refractivity contribution is 14.0. The number of thiophene rings is 1. The number of aliphatic imine (C=N–C) groups is 1. The number of nitrogens with zero attached hydrogens (tertiary/aromatic N) is 1. The van der Waals surface area contributed by atoms with Crippen molar-refractivity contribution in [2.45, 2.75) is 19.4 Å². The Morgan fingerprint density at radius 2 is 1.74 bits per heavy atom. The molecule has 150 valence electrons. The molecular formula is C19H28IN3O3S. The SMILES string of the molecule is CN=C(NCc1cc(OC)c(OC)cc1OC)NCC(C)c1cccs1.I. The third-order valence-corrected chi connectivity index (χ3v) is 5.16. The summed E-state index contributed by atoms with van der Waals surface area (Å²) in [6.45, 7) is 3.56. The van der Waals surface area contributed by atoms with Crippen molar-refractivity contribution in [3.05, 3.63) is 40.1 Å². The van der Waals surface area contributed by atoms with Gasteiger partial charge in [-0.1, -0.05) is 13.0 Å². The first-order valence-corrected chi connectivity index (χ1v) is 9.27. The third-order valence-electron chi connectivity index (χ3n) is 4.06. The maximum Gasteiger partial charge on any atom is 0.191 e. The number of benzene rings is 1. The van der Waals surface area contributed by atoms with Gasteiger partial charge in [-0.25, -0.2) is 0 Å². The van der Waals surface area contributed by atoms with Crippen LogP contribution in [0.5, 0.6) is 17.2 Å². The number of methoxy groups -OCH3 is 3. The Balaban J connectivity index is 0.00000364. The van der Waals surface area contributed by atoms with Crippen molar-refractivity contribution >= 4 is 41.3 Å². The number of hydrogen-bond donors (Lipinski definition) is 2. The molecule has 0 spiro atoms. The minimum atomic E-state index is 0. The van der Waals surface area contributed by atoms with E-state index < -0.39 is 0 Å². The van der Waals surface area contributed by atoms with E-state index in [1.54, 1.807) is 39.7 Å². The van der Waals surface area contributed by atoms with Crippen molar-refractivity contribution in [2.75, 3.05) is 34.9 Å². The maximum atomic E-state index is 5.47. The quantitative estimate of drug-likeness (QED) is 0.324. The number of nitrogens with one attached hydrogen (secondary N) is 2. The van der Waals surface area contributed by atoms with Crippen molar-refractivity contribution in [3.8, 4) is 17.2 Å². The molecule has 0 aliphatic rings. The summed E-state index contributed by atoms with van der Waals surface area (Å²) in [4.78, 5) is 5.65. The van der Waals surface area contributed by atoms with Gasteiger partial charge in [0.1, 0.15) is 5.75 Å². The van der Waals surface area contributed by atoms with Gasteiger partial charge in [-0.05, 0) is 17.5 Å². The highest BCUT2D eigenvalue weighted by atomic mass is 127. The van der Waals surface area contributed by atoms with Gasteiger partial charge in [0, 0.05) is 42.6 Å². The van der Waals surface area contributed by atoms with Crippen molar-refractivity contribution in [1.29, 1.82) is 0 Å². The molecule has 0 aliphatic carbocycles. The maximum absolute atomic E-state index is 5.47. The number of guanidine groups is 1. The van der Waals surface area contributed by atoms with E-state index in [-0.39, 0.29) is 24.0 Å². The van der Waals surface area contributed by atoms with Crippen molar-refractivity contribution in [3.63, 3.8) is 0 Å². The second-order valence-electron chi connectivity index (χ2n) is 5.74. The summed E-state index contributed by atoms with van der Waals surface area (Å²) in [6.07, 6.45) is 0. The van der Waals surface area contributed by atoms with Crippen molar-refractivity contribution in [1.82, 2.24) is 10.6 Å². The van der Waals surface area contributed by atoms with Gasteiger partial charge in [0.15, 0.2) is 17.5 Å². The molecule has 8 heteroatoms. The molecule has 0 saturated heterocycles. The molecule has 0 radical (unpaired) electrons. The standard InChI is InChI=1S/C19H27N3O3S.HI/c1-13(18-7-6-8-26-18)11-21-19(20-2)22-12-14-9-16(24-4)17(25-5)10-15(14)23-3;/h6-10,13H,11-12H2,1-5H3,(H2,20,21,22);1H. The fourth-order valence-corrected chi connectivity index (χ4v) is 3.34. The number of rotatable bonds is 8. The Morgan fingerprint density at radius 1 is 1.07 bits per heavy atom. The van der Waals surface area contributed by atoms with Gasteiger partial charge in [-0.3, -0.25) is 4.99 Å². The van der Waals surface area contributed by atoms with Gasteiger partial charge in [0.05, 0.1) is 21.3 Å². The summed E-state index contributed by atoms with van der Waals surface area (Å²) < 4.78 is 16.2. The number of hydrogen-bond acceptors (Lipinski definition) is 5. The van der Waals surface area contributed by atoms with Crippen LogP contribution in [0.1, 0.15) is 23.3 Å². The Hall–Kier alpha value is -1.68. The molecule has 0 bridgehead atoms. The predicted octanol–water partition coefficient (Wildman–Crippen LogP) is 3.86. The van der Waals surface area contributed by atoms with Crippen LogP contribution in [0.2, 0.25) is 0 Å². The average Bonchev–Trinajstić information content (AvgIpc) is 3.22. The molecule has 0 aliphatic heterocycles. The fraction of sp³-hybridized carbons (Fsp3) is 0.421. The van der Waals surface area contributed by atoms with E-state index in [1.165, 1.54) is 4.88 Å². The second-order valence-corrected chi connectivity index (χ2v) is 6.72. The summed E-state index contributed by atoms with van der Waals surface area (Å²) in [6, 6.07) is 7.96. The minimum absolute atomic E-state index is 0. The zero-order valence-electron chi connectivity index (χ0n) is 16.4. The fourth-order valence-electron chi connectivity index (χ4n) is 2.55. The lowest BCUT2D eigenvalue weighted by Gasteiger charge is -2.17. The lowest BCUT2D eigenvalue weighted by molar-refractivity contribution is 0.347. The van der Waals surface area contributed by atoms with Crippen LogP contribution in [0.15, 0.2) is 34.6 Å². The lowest BCUT2D eigenvalue weighted by atomic mass is 10.1. The zero-order chi connectivity index (χ0) is 18.9. The van der Waals surface area contributed by atoms with Crippen LogP contribution in [0, 0.1) is 0 Å². The van der Waals surface area contributed by atoms with Crippen molar-refractivity contribution in [2.24, 2.45) is 4.99 Å².